The van der Waals surface area contributed by atoms with Gasteiger partial charge in [-0.1, -0.05) is 12.1 Å². The van der Waals surface area contributed by atoms with E-state index in [1.54, 1.807) is 12.1 Å². The first-order valence-electron chi connectivity index (χ1n) is 13.1. The predicted molar refractivity (Wildman–Crippen MR) is 137 cm³/mol. The first-order valence-corrected chi connectivity index (χ1v) is 13.1. The number of carbonyl (C=O) groups is 2. The third-order valence-corrected chi connectivity index (χ3v) is 8.33. The van der Waals surface area contributed by atoms with Gasteiger partial charge in [-0.25, -0.2) is 9.59 Å². The monoisotopic (exact) mass is 508 g/mol. The van der Waals surface area contributed by atoms with E-state index in [0.29, 0.717) is 30.1 Å². The van der Waals surface area contributed by atoms with Crippen molar-refractivity contribution >= 4 is 11.9 Å². The molecular weight excluding hydrogens is 472 g/mol. The highest BCUT2D eigenvalue weighted by molar-refractivity contribution is 5.94. The lowest BCUT2D eigenvalue weighted by Gasteiger charge is -2.35. The highest BCUT2D eigenvalue weighted by atomic mass is 16.5. The van der Waals surface area contributed by atoms with Crippen LogP contribution in [0.1, 0.15) is 79.1 Å². The number of β-amino-alcohol motifs (C(OH)–C–C–N with tert-alkyl or cyclic N) is 1. The fraction of sp³-hybridized carbons (Fsp3) is 0.517. The Hall–Kier alpha value is -2.78. The van der Waals surface area contributed by atoms with Gasteiger partial charge in [-0.05, 0) is 87.1 Å². The maximum atomic E-state index is 11.8. The molecule has 198 valence electrons. The van der Waals surface area contributed by atoms with Crippen LogP contribution in [0.5, 0.6) is 0 Å². The van der Waals surface area contributed by atoms with Gasteiger partial charge in [0.05, 0.1) is 23.3 Å². The summed E-state index contributed by atoms with van der Waals surface area (Å²) in [5.74, 6) is -0.0431. The van der Waals surface area contributed by atoms with Crippen LogP contribution in [0.25, 0.3) is 0 Å². The van der Waals surface area contributed by atoms with Gasteiger partial charge in [-0.15, -0.1) is 0 Å². The fourth-order valence-corrected chi connectivity index (χ4v) is 6.06. The Kier molecular flexibility index (Phi) is 7.36. The lowest BCUT2D eigenvalue weighted by Crippen LogP contribution is -2.40. The number of likely N-dealkylation sites (N-methyl/N-ethyl adjacent to an activating group) is 1. The maximum Gasteiger partial charge on any atom is 0.338 e. The van der Waals surface area contributed by atoms with Crippen LogP contribution in [0.15, 0.2) is 24.3 Å². The van der Waals surface area contributed by atoms with Gasteiger partial charge in [-0.2, -0.15) is 0 Å². The molecule has 0 aromatic heterocycles. The van der Waals surface area contributed by atoms with Crippen LogP contribution < -0.4 is 0 Å². The second-order valence-electron chi connectivity index (χ2n) is 10.8. The van der Waals surface area contributed by atoms with E-state index >= 15 is 0 Å². The summed E-state index contributed by atoms with van der Waals surface area (Å²) in [4.78, 5) is 28.1. The number of hydrogen-bond donors (Lipinski definition) is 2. The lowest BCUT2D eigenvalue weighted by atomic mass is 9.93. The van der Waals surface area contributed by atoms with Gasteiger partial charge in [0.1, 0.15) is 13.2 Å². The van der Waals surface area contributed by atoms with Crippen LogP contribution in [0.4, 0.5) is 0 Å². The molecule has 0 saturated carbocycles. The SMILES string of the molecule is Cc1c([C@H](O)CN(C)CC2CCN(C[C@H](O)c3ccc4c(c3C)COC4=O)CC2)ccc2c1COC2=O. The molecule has 1 fully saturated rings. The first kappa shape index (κ1) is 25.9. The average molecular weight is 509 g/mol. The smallest absolute Gasteiger partial charge is 0.338 e. The minimum absolute atomic E-state index is 0.282. The Balaban J connectivity index is 1.10. The Morgan fingerprint density at radius 3 is 1.95 bits per heavy atom. The minimum atomic E-state index is -0.627. The second kappa shape index (κ2) is 10.5. The summed E-state index contributed by atoms with van der Waals surface area (Å²) in [7, 11) is 2.04. The van der Waals surface area contributed by atoms with Crippen molar-refractivity contribution in [3.05, 3.63) is 68.8 Å². The number of likely N-dealkylation sites (tertiary alicyclic amines) is 1. The highest BCUT2D eigenvalue weighted by Crippen LogP contribution is 2.31. The van der Waals surface area contributed by atoms with Crippen molar-refractivity contribution in [2.24, 2.45) is 5.92 Å². The van der Waals surface area contributed by atoms with E-state index in [4.69, 9.17) is 9.47 Å². The van der Waals surface area contributed by atoms with Gasteiger partial charge in [0, 0.05) is 30.8 Å². The number of esters is 2. The molecule has 2 aromatic carbocycles. The minimum Gasteiger partial charge on any atom is -0.457 e. The number of rotatable bonds is 8. The van der Waals surface area contributed by atoms with Gasteiger partial charge in [0.15, 0.2) is 0 Å². The van der Waals surface area contributed by atoms with Crippen LogP contribution in [0.3, 0.4) is 0 Å². The van der Waals surface area contributed by atoms with Gasteiger partial charge >= 0.3 is 11.9 Å². The van der Waals surface area contributed by atoms with Crippen molar-refractivity contribution in [3.8, 4) is 0 Å². The number of hydrogen-bond acceptors (Lipinski definition) is 8. The summed E-state index contributed by atoms with van der Waals surface area (Å²) in [6.45, 7) is 8.30. The summed E-state index contributed by atoms with van der Waals surface area (Å²) >= 11 is 0. The number of benzene rings is 2. The molecule has 37 heavy (non-hydrogen) atoms. The van der Waals surface area contributed by atoms with Crippen LogP contribution in [0.2, 0.25) is 0 Å². The zero-order valence-electron chi connectivity index (χ0n) is 21.8. The number of fused-ring (bicyclic) bond motifs is 2. The molecule has 8 heteroatoms. The number of cyclic esters (lactones) is 2. The van der Waals surface area contributed by atoms with E-state index in [1.165, 1.54) is 0 Å². The van der Waals surface area contributed by atoms with E-state index in [-0.39, 0.29) is 25.2 Å². The molecule has 3 aliphatic rings. The van der Waals surface area contributed by atoms with Crippen molar-refractivity contribution in [3.63, 3.8) is 0 Å². The molecule has 2 N–H and O–H groups in total. The highest BCUT2D eigenvalue weighted by Gasteiger charge is 2.29. The first-order chi connectivity index (χ1) is 17.7. The van der Waals surface area contributed by atoms with Crippen molar-refractivity contribution in [2.75, 3.05) is 39.8 Å². The molecule has 3 aliphatic heterocycles. The Morgan fingerprint density at radius 2 is 1.41 bits per heavy atom. The molecule has 0 amide bonds. The molecule has 8 nitrogen and oxygen atoms in total. The van der Waals surface area contributed by atoms with Crippen molar-refractivity contribution in [1.29, 1.82) is 0 Å². The van der Waals surface area contributed by atoms with E-state index in [1.807, 2.05) is 33.0 Å². The predicted octanol–water partition coefficient (Wildman–Crippen LogP) is 3.06. The van der Waals surface area contributed by atoms with Crippen molar-refractivity contribution in [2.45, 2.75) is 52.1 Å². The third-order valence-electron chi connectivity index (χ3n) is 8.33. The Morgan fingerprint density at radius 1 is 0.892 bits per heavy atom. The van der Waals surface area contributed by atoms with E-state index < -0.39 is 12.2 Å². The summed E-state index contributed by atoms with van der Waals surface area (Å²) in [5.41, 5.74) is 6.60. The zero-order chi connectivity index (χ0) is 26.3. The summed E-state index contributed by atoms with van der Waals surface area (Å²) in [5, 5.41) is 21.8. The number of piperidine rings is 1. The molecule has 0 aliphatic carbocycles. The molecule has 1 saturated heterocycles. The third kappa shape index (κ3) is 5.16. The molecular formula is C29H36N2O6. The quantitative estimate of drug-likeness (QED) is 0.525. The van der Waals surface area contributed by atoms with Gasteiger partial charge < -0.3 is 29.5 Å². The number of carbonyl (C=O) groups excluding carboxylic acids is 2. The molecule has 5 rings (SSSR count). The normalized spacial score (nSPS) is 19.5. The zero-order valence-corrected chi connectivity index (χ0v) is 21.8. The standard InChI is InChI=1S/C29H36N2O6/c1-17-20(4-6-22-24(17)15-36-28(22)34)26(32)13-30(3)12-19-8-10-31(11-9-19)14-27(33)21-5-7-23-25(18(21)2)16-37-29(23)35/h4-7,19,26-27,32-33H,8-16H2,1-3H3/t26-,27+/m1/s1. The molecule has 2 atom stereocenters. The lowest BCUT2D eigenvalue weighted by molar-refractivity contribution is 0.0525. The van der Waals surface area contributed by atoms with E-state index in [0.717, 1.165) is 65.9 Å². The molecule has 0 spiro atoms. The van der Waals surface area contributed by atoms with Gasteiger partial charge in [-0.3, -0.25) is 0 Å². The van der Waals surface area contributed by atoms with Gasteiger partial charge in [0.2, 0.25) is 0 Å². The molecule has 2 aromatic rings. The van der Waals surface area contributed by atoms with Crippen LogP contribution >= 0.6 is 0 Å². The molecule has 0 radical (unpaired) electrons. The largest absolute Gasteiger partial charge is 0.457 e. The fourth-order valence-electron chi connectivity index (χ4n) is 6.06. The summed E-state index contributed by atoms with van der Waals surface area (Å²) in [6.07, 6.45) is 0.843. The number of nitrogens with zero attached hydrogens (tertiary/aromatic N) is 2. The van der Waals surface area contributed by atoms with Crippen molar-refractivity contribution < 1.29 is 29.3 Å². The van der Waals surface area contributed by atoms with E-state index in [2.05, 4.69) is 9.80 Å². The van der Waals surface area contributed by atoms with Crippen molar-refractivity contribution in [1.82, 2.24) is 9.80 Å². The van der Waals surface area contributed by atoms with Crippen LogP contribution in [0, 0.1) is 19.8 Å². The number of aliphatic hydroxyl groups is 2. The number of aliphatic hydroxyl groups excluding tert-OH is 2. The maximum absolute atomic E-state index is 11.8. The topological polar surface area (TPSA) is 99.5 Å². The number of ether oxygens (including phenoxy) is 2. The molecule has 0 unspecified atom stereocenters. The van der Waals surface area contributed by atoms with E-state index in [9.17, 15) is 19.8 Å². The second-order valence-corrected chi connectivity index (χ2v) is 10.8. The summed E-state index contributed by atoms with van der Waals surface area (Å²) < 4.78 is 10.3. The average Bonchev–Trinajstić information content (AvgIpc) is 3.44. The molecule has 3 heterocycles. The van der Waals surface area contributed by atoms with Crippen LogP contribution in [-0.2, 0) is 22.7 Å². The molecule has 0 bridgehead atoms. The van der Waals surface area contributed by atoms with Gasteiger partial charge in [0.25, 0.3) is 0 Å². The Bertz CT molecular complexity index is 1200. The van der Waals surface area contributed by atoms with Crippen LogP contribution in [-0.4, -0.2) is 71.7 Å². The summed E-state index contributed by atoms with van der Waals surface area (Å²) in [6, 6.07) is 7.23. The Labute approximate surface area is 217 Å².